The first kappa shape index (κ1) is 18.5. The quantitative estimate of drug-likeness (QED) is 0.644. The van der Waals surface area contributed by atoms with Gasteiger partial charge in [0, 0.05) is 12.8 Å². The number of hydrogen-bond donors (Lipinski definition) is 2. The van der Waals surface area contributed by atoms with Crippen LogP contribution in [0, 0.1) is 5.92 Å². The van der Waals surface area contributed by atoms with Crippen LogP contribution in [0.4, 0.5) is 0 Å². The largest absolute Gasteiger partial charge is 0.493 e. The van der Waals surface area contributed by atoms with Gasteiger partial charge < -0.3 is 15.0 Å². The lowest BCUT2D eigenvalue weighted by molar-refractivity contribution is -0.122. The summed E-state index contributed by atoms with van der Waals surface area (Å²) >= 11 is 0. The zero-order valence-electron chi connectivity index (χ0n) is 16.5. The van der Waals surface area contributed by atoms with Crippen LogP contribution >= 0.6 is 0 Å². The minimum atomic E-state index is -0.113. The first-order valence-electron chi connectivity index (χ1n) is 10.1. The molecule has 0 radical (unpaired) electrons. The highest BCUT2D eigenvalue weighted by molar-refractivity contribution is 5.77. The van der Waals surface area contributed by atoms with Crippen LogP contribution < -0.4 is 10.1 Å². The van der Waals surface area contributed by atoms with Gasteiger partial charge in [0.2, 0.25) is 5.91 Å². The van der Waals surface area contributed by atoms with Gasteiger partial charge >= 0.3 is 0 Å². The number of ether oxygens (including phenoxy) is 1. The Labute approximate surface area is 165 Å². The summed E-state index contributed by atoms with van der Waals surface area (Å²) in [4.78, 5) is 20.8. The van der Waals surface area contributed by atoms with E-state index < -0.39 is 0 Å². The maximum Gasteiger partial charge on any atom is 0.220 e. The van der Waals surface area contributed by atoms with Crippen LogP contribution in [0.25, 0.3) is 11.0 Å². The lowest BCUT2D eigenvalue weighted by Crippen LogP contribution is -2.33. The van der Waals surface area contributed by atoms with Crippen LogP contribution in [0.5, 0.6) is 5.75 Å². The average molecular weight is 377 g/mol. The van der Waals surface area contributed by atoms with Gasteiger partial charge in [-0.05, 0) is 41.7 Å². The molecule has 0 saturated carbocycles. The molecular weight excluding hydrogens is 350 g/mol. The van der Waals surface area contributed by atoms with Crippen molar-refractivity contribution in [3.8, 4) is 5.75 Å². The number of aromatic amines is 1. The molecule has 146 valence electrons. The molecule has 0 fully saturated rings. The molecule has 1 amide bonds. The Morgan fingerprint density at radius 2 is 2.14 bits per heavy atom. The molecule has 1 aliphatic rings. The Hall–Kier alpha value is -2.82. The van der Waals surface area contributed by atoms with Crippen molar-refractivity contribution >= 4 is 16.9 Å². The maximum absolute atomic E-state index is 12.7. The van der Waals surface area contributed by atoms with Gasteiger partial charge in [0.1, 0.15) is 11.6 Å². The number of carbonyl (C=O) groups excluding carboxylic acids is 1. The molecule has 0 bridgehead atoms. The first-order chi connectivity index (χ1) is 13.6. The van der Waals surface area contributed by atoms with Crippen molar-refractivity contribution in [1.29, 1.82) is 0 Å². The van der Waals surface area contributed by atoms with E-state index in [1.807, 2.05) is 30.3 Å². The standard InChI is InChI=1S/C23H27N3O2/c1-3-15(2)22(23-24-18-6-4-5-7-19(18)25-23)26-21(27)11-9-16-8-10-20-17(14-16)12-13-28-20/h4-8,10,14-15,22H,3,9,11-13H2,1-2H3,(H,24,25)(H,26,27)/t15-,22+/m1/s1. The lowest BCUT2D eigenvalue weighted by atomic mass is 9.98. The number of nitrogens with zero attached hydrogens (tertiary/aromatic N) is 1. The molecule has 1 aromatic heterocycles. The van der Waals surface area contributed by atoms with E-state index >= 15 is 0 Å². The van der Waals surface area contributed by atoms with Crippen molar-refractivity contribution in [2.24, 2.45) is 5.92 Å². The minimum absolute atomic E-state index is 0.0579. The van der Waals surface area contributed by atoms with Crippen molar-refractivity contribution in [2.45, 2.75) is 45.6 Å². The normalized spacial score (nSPS) is 15.1. The number of aromatic nitrogens is 2. The third-order valence-corrected chi connectivity index (χ3v) is 5.63. The van der Waals surface area contributed by atoms with E-state index in [4.69, 9.17) is 9.72 Å². The van der Waals surface area contributed by atoms with Gasteiger partial charge in [0.25, 0.3) is 0 Å². The molecule has 3 aromatic rings. The molecule has 5 nitrogen and oxygen atoms in total. The smallest absolute Gasteiger partial charge is 0.220 e. The van der Waals surface area contributed by atoms with E-state index in [0.717, 1.165) is 48.5 Å². The zero-order chi connectivity index (χ0) is 19.5. The Morgan fingerprint density at radius 3 is 2.96 bits per heavy atom. The second kappa shape index (κ2) is 8.05. The fraction of sp³-hybridized carbons (Fsp3) is 0.391. The SMILES string of the molecule is CC[C@@H](C)[C@H](NC(=O)CCc1ccc2c(c1)CCO2)c1nc2ccccc2[nH]1. The number of amides is 1. The summed E-state index contributed by atoms with van der Waals surface area (Å²) in [5, 5.41) is 3.21. The Morgan fingerprint density at radius 1 is 1.29 bits per heavy atom. The van der Waals surface area contributed by atoms with Gasteiger partial charge in [-0.3, -0.25) is 4.79 Å². The van der Waals surface area contributed by atoms with Crippen LogP contribution in [-0.4, -0.2) is 22.5 Å². The van der Waals surface area contributed by atoms with Crippen molar-refractivity contribution in [2.75, 3.05) is 6.61 Å². The summed E-state index contributed by atoms with van der Waals surface area (Å²) in [6.07, 6.45) is 3.11. The fourth-order valence-electron chi connectivity index (χ4n) is 3.73. The number of aryl methyl sites for hydroxylation is 1. The average Bonchev–Trinajstić information content (AvgIpc) is 3.35. The van der Waals surface area contributed by atoms with E-state index in [1.165, 1.54) is 11.1 Å². The number of benzene rings is 2. The molecule has 2 heterocycles. The zero-order valence-corrected chi connectivity index (χ0v) is 16.5. The number of hydrogen-bond acceptors (Lipinski definition) is 3. The topological polar surface area (TPSA) is 67.0 Å². The van der Waals surface area contributed by atoms with Crippen LogP contribution in [0.2, 0.25) is 0 Å². The third kappa shape index (κ3) is 3.88. The third-order valence-electron chi connectivity index (χ3n) is 5.63. The maximum atomic E-state index is 12.7. The first-order valence-corrected chi connectivity index (χ1v) is 10.1. The van der Waals surface area contributed by atoms with Gasteiger partial charge in [-0.25, -0.2) is 4.98 Å². The van der Waals surface area contributed by atoms with Gasteiger partial charge in [-0.2, -0.15) is 0 Å². The van der Waals surface area contributed by atoms with Crippen molar-refractivity contribution in [3.63, 3.8) is 0 Å². The Kier molecular flexibility index (Phi) is 5.33. The highest BCUT2D eigenvalue weighted by atomic mass is 16.5. The molecule has 2 atom stereocenters. The lowest BCUT2D eigenvalue weighted by Gasteiger charge is -2.22. The number of para-hydroxylation sites is 2. The monoisotopic (exact) mass is 377 g/mol. The van der Waals surface area contributed by atoms with Gasteiger partial charge in [-0.1, -0.05) is 44.5 Å². The Bertz CT molecular complexity index is 946. The second-order valence-corrected chi connectivity index (χ2v) is 7.61. The summed E-state index contributed by atoms with van der Waals surface area (Å²) < 4.78 is 5.55. The van der Waals surface area contributed by atoms with E-state index in [1.54, 1.807) is 0 Å². The molecule has 2 N–H and O–H groups in total. The molecule has 0 saturated heterocycles. The number of nitrogens with one attached hydrogen (secondary N) is 2. The van der Waals surface area contributed by atoms with Gasteiger partial charge in [-0.15, -0.1) is 0 Å². The highest BCUT2D eigenvalue weighted by Gasteiger charge is 2.23. The van der Waals surface area contributed by atoms with E-state index in [9.17, 15) is 4.79 Å². The molecule has 28 heavy (non-hydrogen) atoms. The molecule has 0 unspecified atom stereocenters. The summed E-state index contributed by atoms with van der Waals surface area (Å²) in [5.41, 5.74) is 4.36. The summed E-state index contributed by atoms with van der Waals surface area (Å²) in [6.45, 7) is 5.05. The number of carbonyl (C=O) groups is 1. The van der Waals surface area contributed by atoms with E-state index in [2.05, 4.69) is 36.3 Å². The van der Waals surface area contributed by atoms with Crippen LogP contribution in [0.3, 0.4) is 0 Å². The molecule has 4 rings (SSSR count). The van der Waals surface area contributed by atoms with Crippen LogP contribution in [-0.2, 0) is 17.6 Å². The predicted octanol–water partition coefficient (Wildman–Crippen LogP) is 4.33. The summed E-state index contributed by atoms with van der Waals surface area (Å²) in [6, 6.07) is 14.1. The number of H-pyrrole nitrogens is 1. The number of fused-ring (bicyclic) bond motifs is 2. The predicted molar refractivity (Wildman–Crippen MR) is 110 cm³/mol. The molecular formula is C23H27N3O2. The summed E-state index contributed by atoms with van der Waals surface area (Å²) in [5.74, 6) is 2.16. The molecule has 5 heteroatoms. The molecule has 0 spiro atoms. The van der Waals surface area contributed by atoms with Gasteiger partial charge in [0.05, 0.1) is 23.7 Å². The van der Waals surface area contributed by atoms with Crippen molar-refractivity contribution in [3.05, 3.63) is 59.4 Å². The van der Waals surface area contributed by atoms with Crippen molar-refractivity contribution in [1.82, 2.24) is 15.3 Å². The van der Waals surface area contributed by atoms with Gasteiger partial charge in [0.15, 0.2) is 0 Å². The van der Waals surface area contributed by atoms with E-state index in [-0.39, 0.29) is 11.9 Å². The van der Waals surface area contributed by atoms with E-state index in [0.29, 0.717) is 12.3 Å². The Balaban J connectivity index is 1.43. The molecule has 0 aliphatic carbocycles. The molecule has 1 aliphatic heterocycles. The number of rotatable bonds is 7. The minimum Gasteiger partial charge on any atom is -0.493 e. The number of imidazole rings is 1. The van der Waals surface area contributed by atoms with Crippen LogP contribution in [0.15, 0.2) is 42.5 Å². The summed E-state index contributed by atoms with van der Waals surface area (Å²) in [7, 11) is 0. The molecule has 2 aromatic carbocycles. The fourth-order valence-corrected chi connectivity index (χ4v) is 3.73. The van der Waals surface area contributed by atoms with Crippen molar-refractivity contribution < 1.29 is 9.53 Å². The van der Waals surface area contributed by atoms with Crippen LogP contribution in [0.1, 0.15) is 49.7 Å². The highest BCUT2D eigenvalue weighted by Crippen LogP contribution is 2.27. The second-order valence-electron chi connectivity index (χ2n) is 7.61.